The summed E-state index contributed by atoms with van der Waals surface area (Å²) >= 11 is 0. The van der Waals surface area contributed by atoms with Crippen LogP contribution >= 0.6 is 0 Å². The van der Waals surface area contributed by atoms with Crippen molar-refractivity contribution in [1.82, 2.24) is 4.90 Å². The zero-order valence-corrected chi connectivity index (χ0v) is 8.17. The van der Waals surface area contributed by atoms with E-state index in [-0.39, 0.29) is 6.10 Å². The van der Waals surface area contributed by atoms with Gasteiger partial charge in [-0.2, -0.15) is 0 Å². The molecule has 2 nitrogen and oxygen atoms in total. The van der Waals surface area contributed by atoms with Crippen LogP contribution in [0.3, 0.4) is 0 Å². The molecule has 0 aliphatic carbocycles. The summed E-state index contributed by atoms with van der Waals surface area (Å²) in [6.07, 6.45) is 1.84. The Morgan fingerprint density at radius 3 is 2.18 bits per heavy atom. The Kier molecular flexibility index (Phi) is 5.51. The number of nitrogens with zero attached hydrogens (tertiary/aromatic N) is 1. The van der Waals surface area contributed by atoms with Crippen LogP contribution in [-0.2, 0) is 0 Å². The fourth-order valence-corrected chi connectivity index (χ4v) is 0.953. The van der Waals surface area contributed by atoms with Gasteiger partial charge in [0.2, 0.25) is 0 Å². The van der Waals surface area contributed by atoms with Crippen molar-refractivity contribution in [3.05, 3.63) is 0 Å². The summed E-state index contributed by atoms with van der Waals surface area (Å²) in [5.74, 6) is 0. The maximum absolute atomic E-state index is 9.33. The van der Waals surface area contributed by atoms with Gasteiger partial charge in [-0.25, -0.2) is 0 Å². The number of aliphatic hydroxyl groups is 1. The second-order valence-electron chi connectivity index (χ2n) is 3.26. The van der Waals surface area contributed by atoms with Crippen molar-refractivity contribution in [1.29, 1.82) is 0 Å². The van der Waals surface area contributed by atoms with Gasteiger partial charge in [-0.1, -0.05) is 13.8 Å². The Balaban J connectivity index is 3.58. The molecule has 11 heavy (non-hydrogen) atoms. The molecule has 0 bridgehead atoms. The molecule has 0 saturated carbocycles. The van der Waals surface area contributed by atoms with E-state index < -0.39 is 0 Å². The number of hydrogen-bond donors (Lipinski definition) is 1. The zero-order valence-electron chi connectivity index (χ0n) is 8.17. The van der Waals surface area contributed by atoms with Gasteiger partial charge in [0.15, 0.2) is 0 Å². The molecule has 2 unspecified atom stereocenters. The average Bonchev–Trinajstić information content (AvgIpc) is 2.02. The van der Waals surface area contributed by atoms with Crippen molar-refractivity contribution in [3.8, 4) is 0 Å². The van der Waals surface area contributed by atoms with Crippen molar-refractivity contribution < 1.29 is 5.11 Å². The van der Waals surface area contributed by atoms with E-state index in [2.05, 4.69) is 25.8 Å². The summed E-state index contributed by atoms with van der Waals surface area (Å²) in [6, 6.07) is 0.580. The van der Waals surface area contributed by atoms with E-state index in [4.69, 9.17) is 0 Å². The Bertz CT molecular complexity index is 95.6. The van der Waals surface area contributed by atoms with E-state index in [1.165, 1.54) is 0 Å². The summed E-state index contributed by atoms with van der Waals surface area (Å²) in [4.78, 5) is 2.20. The standard InChI is InChI=1S/C9H21NO/c1-5-8(3)10(4)7-9(11)6-2/h8-9,11H,5-7H2,1-4H3. The van der Waals surface area contributed by atoms with Gasteiger partial charge >= 0.3 is 0 Å². The third-order valence-electron chi connectivity index (χ3n) is 2.31. The van der Waals surface area contributed by atoms with E-state index in [9.17, 15) is 5.11 Å². The van der Waals surface area contributed by atoms with E-state index in [1.807, 2.05) is 6.92 Å². The van der Waals surface area contributed by atoms with Crippen molar-refractivity contribution >= 4 is 0 Å². The Morgan fingerprint density at radius 2 is 1.82 bits per heavy atom. The molecule has 1 N–H and O–H groups in total. The largest absolute Gasteiger partial charge is 0.392 e. The fraction of sp³-hybridized carbons (Fsp3) is 1.00. The van der Waals surface area contributed by atoms with Gasteiger partial charge in [0.05, 0.1) is 6.10 Å². The molecule has 0 saturated heterocycles. The first-order valence-electron chi connectivity index (χ1n) is 4.50. The lowest BCUT2D eigenvalue weighted by Gasteiger charge is -2.25. The van der Waals surface area contributed by atoms with Crippen LogP contribution in [0.25, 0.3) is 0 Å². The van der Waals surface area contributed by atoms with Crippen molar-refractivity contribution in [2.75, 3.05) is 13.6 Å². The maximum Gasteiger partial charge on any atom is 0.0664 e. The molecule has 0 aromatic rings. The number of aliphatic hydroxyl groups excluding tert-OH is 1. The van der Waals surface area contributed by atoms with Gasteiger partial charge in [-0.05, 0) is 26.8 Å². The quantitative estimate of drug-likeness (QED) is 0.657. The van der Waals surface area contributed by atoms with Crippen LogP contribution in [0, 0.1) is 0 Å². The first-order valence-corrected chi connectivity index (χ1v) is 4.50. The van der Waals surface area contributed by atoms with E-state index in [0.717, 1.165) is 19.4 Å². The molecular formula is C9H21NO. The number of likely N-dealkylation sites (N-methyl/N-ethyl adjacent to an activating group) is 1. The fourth-order valence-electron chi connectivity index (χ4n) is 0.953. The van der Waals surface area contributed by atoms with Gasteiger partial charge in [-0.15, -0.1) is 0 Å². The Hall–Kier alpha value is -0.0800. The van der Waals surface area contributed by atoms with Crippen LogP contribution in [0.5, 0.6) is 0 Å². The molecule has 0 spiro atoms. The van der Waals surface area contributed by atoms with Crippen molar-refractivity contribution in [3.63, 3.8) is 0 Å². The predicted molar refractivity (Wildman–Crippen MR) is 48.7 cm³/mol. The minimum absolute atomic E-state index is 0.158. The third kappa shape index (κ3) is 4.38. The predicted octanol–water partition coefficient (Wildman–Crippen LogP) is 1.49. The highest BCUT2D eigenvalue weighted by Crippen LogP contribution is 2.02. The van der Waals surface area contributed by atoms with Crippen LogP contribution < -0.4 is 0 Å². The molecule has 0 aromatic heterocycles. The second-order valence-corrected chi connectivity index (χ2v) is 3.26. The monoisotopic (exact) mass is 159 g/mol. The van der Waals surface area contributed by atoms with Crippen LogP contribution in [0.4, 0.5) is 0 Å². The van der Waals surface area contributed by atoms with Gasteiger partial charge in [0.1, 0.15) is 0 Å². The van der Waals surface area contributed by atoms with Gasteiger partial charge in [0.25, 0.3) is 0 Å². The summed E-state index contributed by atoms with van der Waals surface area (Å²) < 4.78 is 0. The zero-order chi connectivity index (χ0) is 8.85. The summed E-state index contributed by atoms with van der Waals surface area (Å²) in [5.41, 5.74) is 0. The average molecular weight is 159 g/mol. The highest BCUT2D eigenvalue weighted by molar-refractivity contribution is 4.64. The SMILES string of the molecule is CCC(O)CN(C)C(C)CC. The summed E-state index contributed by atoms with van der Waals surface area (Å²) in [7, 11) is 2.06. The lowest BCUT2D eigenvalue weighted by molar-refractivity contribution is 0.104. The molecular weight excluding hydrogens is 138 g/mol. The first kappa shape index (κ1) is 10.9. The Morgan fingerprint density at radius 1 is 1.27 bits per heavy atom. The highest BCUT2D eigenvalue weighted by atomic mass is 16.3. The smallest absolute Gasteiger partial charge is 0.0664 e. The topological polar surface area (TPSA) is 23.5 Å². The van der Waals surface area contributed by atoms with Crippen LogP contribution in [-0.4, -0.2) is 35.7 Å². The Labute approximate surface area is 70.2 Å². The minimum atomic E-state index is -0.158. The molecule has 68 valence electrons. The molecule has 0 aliphatic heterocycles. The molecule has 0 aromatic carbocycles. The summed E-state index contributed by atoms with van der Waals surface area (Å²) in [6.45, 7) is 7.16. The number of hydrogen-bond acceptors (Lipinski definition) is 2. The second kappa shape index (κ2) is 5.56. The molecule has 2 atom stereocenters. The van der Waals surface area contributed by atoms with Gasteiger partial charge < -0.3 is 10.0 Å². The first-order chi connectivity index (χ1) is 5.11. The maximum atomic E-state index is 9.33. The molecule has 0 aliphatic rings. The van der Waals surface area contributed by atoms with E-state index >= 15 is 0 Å². The number of rotatable bonds is 5. The minimum Gasteiger partial charge on any atom is -0.392 e. The summed E-state index contributed by atoms with van der Waals surface area (Å²) in [5, 5.41) is 9.33. The van der Waals surface area contributed by atoms with Crippen LogP contribution in [0.2, 0.25) is 0 Å². The molecule has 0 rings (SSSR count). The van der Waals surface area contributed by atoms with Gasteiger partial charge in [-0.3, -0.25) is 0 Å². The van der Waals surface area contributed by atoms with Crippen molar-refractivity contribution in [2.24, 2.45) is 0 Å². The van der Waals surface area contributed by atoms with Gasteiger partial charge in [0, 0.05) is 12.6 Å². The third-order valence-corrected chi connectivity index (χ3v) is 2.31. The van der Waals surface area contributed by atoms with Crippen LogP contribution in [0.1, 0.15) is 33.6 Å². The van der Waals surface area contributed by atoms with E-state index in [0.29, 0.717) is 6.04 Å². The molecule has 0 heterocycles. The molecule has 0 amide bonds. The van der Waals surface area contributed by atoms with Crippen molar-refractivity contribution in [2.45, 2.75) is 45.8 Å². The van der Waals surface area contributed by atoms with E-state index in [1.54, 1.807) is 0 Å². The molecule has 0 fully saturated rings. The highest BCUT2D eigenvalue weighted by Gasteiger charge is 2.09. The van der Waals surface area contributed by atoms with Crippen LogP contribution in [0.15, 0.2) is 0 Å². The lowest BCUT2D eigenvalue weighted by atomic mass is 10.2. The molecule has 2 heteroatoms. The molecule has 0 radical (unpaired) electrons. The normalized spacial score (nSPS) is 16.9. The lowest BCUT2D eigenvalue weighted by Crippen LogP contribution is -2.35.